The quantitative estimate of drug-likeness (QED) is 0.764. The molecule has 2 aliphatic carbocycles. The molecule has 2 N–H and O–H groups in total. The summed E-state index contributed by atoms with van der Waals surface area (Å²) in [6.07, 6.45) is 10.1. The van der Waals surface area contributed by atoms with Crippen molar-refractivity contribution >= 4 is 5.97 Å². The van der Waals surface area contributed by atoms with Crippen LogP contribution < -0.4 is 5.32 Å². The molecule has 0 saturated heterocycles. The zero-order valence-corrected chi connectivity index (χ0v) is 9.70. The lowest BCUT2D eigenvalue weighted by Gasteiger charge is -2.34. The molecule has 0 radical (unpaired) electrons. The van der Waals surface area contributed by atoms with Crippen LogP contribution in [0.15, 0.2) is 23.8 Å². The molecule has 3 nitrogen and oxygen atoms in total. The number of rotatable bonds is 4. The Morgan fingerprint density at radius 1 is 1.69 bits per heavy atom. The van der Waals surface area contributed by atoms with Crippen molar-refractivity contribution in [2.75, 3.05) is 6.54 Å². The minimum absolute atomic E-state index is 0.210. The predicted octanol–water partition coefficient (Wildman–Crippen LogP) is 2.11. The molecule has 88 valence electrons. The summed E-state index contributed by atoms with van der Waals surface area (Å²) in [5.74, 6) is -0.727. The topological polar surface area (TPSA) is 49.3 Å². The van der Waals surface area contributed by atoms with Crippen LogP contribution in [0.25, 0.3) is 0 Å². The van der Waals surface area contributed by atoms with Crippen molar-refractivity contribution in [1.29, 1.82) is 0 Å². The molecule has 0 bridgehead atoms. The molecular weight excluding hydrogens is 202 g/mol. The molecular formula is C13H19NO2. The van der Waals surface area contributed by atoms with Crippen LogP contribution in [0.2, 0.25) is 0 Å². The van der Waals surface area contributed by atoms with Crippen molar-refractivity contribution in [3.05, 3.63) is 23.8 Å². The summed E-state index contributed by atoms with van der Waals surface area (Å²) in [5, 5.41) is 12.0. The van der Waals surface area contributed by atoms with Crippen LogP contribution in [-0.2, 0) is 4.79 Å². The van der Waals surface area contributed by atoms with Gasteiger partial charge in [-0.05, 0) is 19.3 Å². The highest BCUT2D eigenvalue weighted by Gasteiger charge is 2.41. The predicted molar refractivity (Wildman–Crippen MR) is 63.2 cm³/mol. The Bertz CT molecular complexity index is 346. The van der Waals surface area contributed by atoms with Gasteiger partial charge in [-0.3, -0.25) is 4.79 Å². The first kappa shape index (κ1) is 11.4. The van der Waals surface area contributed by atoms with Crippen molar-refractivity contribution in [2.45, 2.75) is 38.6 Å². The van der Waals surface area contributed by atoms with Gasteiger partial charge in [0, 0.05) is 18.0 Å². The highest BCUT2D eigenvalue weighted by Crippen LogP contribution is 2.47. The smallest absolute Gasteiger partial charge is 0.304 e. The summed E-state index contributed by atoms with van der Waals surface area (Å²) < 4.78 is 0. The van der Waals surface area contributed by atoms with Crippen LogP contribution in [0.1, 0.15) is 32.6 Å². The fourth-order valence-corrected chi connectivity index (χ4v) is 2.85. The Hall–Kier alpha value is -1.09. The van der Waals surface area contributed by atoms with Crippen molar-refractivity contribution in [2.24, 2.45) is 5.41 Å². The standard InChI is InChI=1S/C13H19NO2/c1-13-8-3-2-4-10(13)5-6-11(13)14-9-7-12(15)16/h2-4,11,14H,5-9H2,1H3,(H,15,16). The van der Waals surface area contributed by atoms with E-state index >= 15 is 0 Å². The van der Waals surface area contributed by atoms with Crippen LogP contribution in [0.5, 0.6) is 0 Å². The number of hydrogen-bond donors (Lipinski definition) is 2. The summed E-state index contributed by atoms with van der Waals surface area (Å²) in [4.78, 5) is 10.5. The number of allylic oxidation sites excluding steroid dienone is 3. The second-order valence-corrected chi connectivity index (χ2v) is 4.93. The van der Waals surface area contributed by atoms with E-state index in [0.717, 1.165) is 19.3 Å². The highest BCUT2D eigenvalue weighted by molar-refractivity contribution is 5.66. The van der Waals surface area contributed by atoms with E-state index in [1.165, 1.54) is 5.57 Å². The second kappa shape index (κ2) is 4.42. The van der Waals surface area contributed by atoms with Crippen LogP contribution in [-0.4, -0.2) is 23.7 Å². The number of carbonyl (C=O) groups is 1. The Balaban J connectivity index is 1.94. The molecule has 0 aromatic rings. The number of aliphatic carboxylic acids is 1. The highest BCUT2D eigenvalue weighted by atomic mass is 16.4. The monoisotopic (exact) mass is 221 g/mol. The molecule has 0 aromatic carbocycles. The van der Waals surface area contributed by atoms with E-state index in [-0.39, 0.29) is 11.8 Å². The Morgan fingerprint density at radius 2 is 2.50 bits per heavy atom. The summed E-state index contributed by atoms with van der Waals surface area (Å²) in [5.41, 5.74) is 1.73. The average molecular weight is 221 g/mol. The maximum absolute atomic E-state index is 10.5. The van der Waals surface area contributed by atoms with Crippen LogP contribution >= 0.6 is 0 Å². The summed E-state index contributed by atoms with van der Waals surface area (Å²) in [7, 11) is 0. The van der Waals surface area contributed by atoms with E-state index in [4.69, 9.17) is 5.11 Å². The Kier molecular flexibility index (Phi) is 3.15. The second-order valence-electron chi connectivity index (χ2n) is 4.93. The van der Waals surface area contributed by atoms with Crippen LogP contribution in [0.3, 0.4) is 0 Å². The van der Waals surface area contributed by atoms with Crippen molar-refractivity contribution < 1.29 is 9.90 Å². The first-order valence-electron chi connectivity index (χ1n) is 5.94. The summed E-state index contributed by atoms with van der Waals surface area (Å²) >= 11 is 0. The average Bonchev–Trinajstić information content (AvgIpc) is 2.55. The van der Waals surface area contributed by atoms with Gasteiger partial charge in [-0.2, -0.15) is 0 Å². The largest absolute Gasteiger partial charge is 0.481 e. The summed E-state index contributed by atoms with van der Waals surface area (Å²) in [6.45, 7) is 2.86. The number of hydrogen-bond acceptors (Lipinski definition) is 2. The molecule has 0 spiro atoms. The van der Waals surface area contributed by atoms with E-state index < -0.39 is 5.97 Å². The first-order chi connectivity index (χ1) is 7.63. The third-order valence-corrected chi connectivity index (χ3v) is 3.91. The van der Waals surface area contributed by atoms with E-state index in [9.17, 15) is 4.79 Å². The maximum atomic E-state index is 10.5. The van der Waals surface area contributed by atoms with E-state index in [1.54, 1.807) is 0 Å². The van der Waals surface area contributed by atoms with Gasteiger partial charge in [-0.1, -0.05) is 30.7 Å². The van der Waals surface area contributed by atoms with Gasteiger partial charge in [0.15, 0.2) is 0 Å². The van der Waals surface area contributed by atoms with Gasteiger partial charge in [0.2, 0.25) is 0 Å². The molecule has 2 aliphatic rings. The van der Waals surface area contributed by atoms with Gasteiger partial charge < -0.3 is 10.4 Å². The SMILES string of the molecule is CC12CC=CC=C1CCC2NCCC(=O)O. The number of fused-ring (bicyclic) bond motifs is 1. The van der Waals surface area contributed by atoms with Gasteiger partial charge in [-0.25, -0.2) is 0 Å². The molecule has 16 heavy (non-hydrogen) atoms. The van der Waals surface area contributed by atoms with E-state index in [1.807, 2.05) is 0 Å². The molecule has 0 aromatic heterocycles. The molecule has 2 atom stereocenters. The Labute approximate surface area is 96.2 Å². The molecule has 1 saturated carbocycles. The van der Waals surface area contributed by atoms with Crippen LogP contribution in [0.4, 0.5) is 0 Å². The minimum Gasteiger partial charge on any atom is -0.481 e. The first-order valence-corrected chi connectivity index (χ1v) is 5.94. The van der Waals surface area contributed by atoms with Crippen molar-refractivity contribution in [3.63, 3.8) is 0 Å². The normalized spacial score (nSPS) is 32.3. The zero-order valence-electron chi connectivity index (χ0n) is 9.70. The van der Waals surface area contributed by atoms with Gasteiger partial charge >= 0.3 is 5.97 Å². The Morgan fingerprint density at radius 3 is 3.25 bits per heavy atom. The third-order valence-electron chi connectivity index (χ3n) is 3.91. The fourth-order valence-electron chi connectivity index (χ4n) is 2.85. The third kappa shape index (κ3) is 2.05. The molecule has 2 unspecified atom stereocenters. The maximum Gasteiger partial charge on any atom is 0.304 e. The van der Waals surface area contributed by atoms with Gasteiger partial charge in [-0.15, -0.1) is 0 Å². The molecule has 2 rings (SSSR count). The van der Waals surface area contributed by atoms with E-state index in [0.29, 0.717) is 12.6 Å². The van der Waals surface area contributed by atoms with Gasteiger partial charge in [0.1, 0.15) is 0 Å². The molecule has 0 heterocycles. The number of carboxylic acid groups (broad SMARTS) is 1. The number of nitrogens with one attached hydrogen (secondary N) is 1. The molecule has 1 fully saturated rings. The minimum atomic E-state index is -0.727. The molecule has 0 aliphatic heterocycles. The fraction of sp³-hybridized carbons (Fsp3) is 0.615. The number of carboxylic acids is 1. The molecule has 0 amide bonds. The van der Waals surface area contributed by atoms with Crippen molar-refractivity contribution in [1.82, 2.24) is 5.32 Å². The van der Waals surface area contributed by atoms with Crippen LogP contribution in [0, 0.1) is 5.41 Å². The van der Waals surface area contributed by atoms with E-state index in [2.05, 4.69) is 30.5 Å². The van der Waals surface area contributed by atoms with Gasteiger partial charge in [0.05, 0.1) is 6.42 Å². The van der Waals surface area contributed by atoms with Crippen molar-refractivity contribution in [3.8, 4) is 0 Å². The zero-order chi connectivity index (χ0) is 11.6. The lowest BCUT2D eigenvalue weighted by molar-refractivity contribution is -0.136. The van der Waals surface area contributed by atoms with Gasteiger partial charge in [0.25, 0.3) is 0 Å². The summed E-state index contributed by atoms with van der Waals surface area (Å²) in [6, 6.07) is 0.433. The molecule has 3 heteroatoms. The lowest BCUT2D eigenvalue weighted by atomic mass is 9.76. The lowest BCUT2D eigenvalue weighted by Crippen LogP contribution is -2.41.